The molecule has 13 atom stereocenters. The molecule has 0 saturated carbocycles. The van der Waals surface area contributed by atoms with Crippen LogP contribution in [-0.2, 0) is 36.6 Å². The molecular formula is C57H55N3O21. The largest absolute Gasteiger partial charge is 0.507 e. The van der Waals surface area contributed by atoms with Crippen LogP contribution >= 0.6 is 0 Å². The Morgan fingerprint density at radius 2 is 1.69 bits per heavy atom. The summed E-state index contributed by atoms with van der Waals surface area (Å²) in [5, 5.41) is 156. The second-order valence-corrected chi connectivity index (χ2v) is 21.6. The number of aromatic hydroxyl groups is 3. The number of aliphatic hydroxyl groups excluding tert-OH is 6. The third-order valence-electron chi connectivity index (χ3n) is 17.0. The molecule has 2 aromatic carbocycles. The van der Waals surface area contributed by atoms with E-state index in [1.54, 1.807) is 18.5 Å². The van der Waals surface area contributed by atoms with E-state index in [0.29, 0.717) is 23.3 Å². The van der Waals surface area contributed by atoms with Crippen molar-refractivity contribution in [1.29, 1.82) is 0 Å². The summed E-state index contributed by atoms with van der Waals surface area (Å²) in [6.07, 6.45) is -3.21. The quantitative estimate of drug-likeness (QED) is 0.0335. The second-order valence-electron chi connectivity index (χ2n) is 21.6. The van der Waals surface area contributed by atoms with Gasteiger partial charge in [-0.1, -0.05) is 42.1 Å². The second kappa shape index (κ2) is 19.0. The summed E-state index contributed by atoms with van der Waals surface area (Å²) < 4.78 is 32.0. The van der Waals surface area contributed by atoms with Gasteiger partial charge in [-0.05, 0) is 66.9 Å². The van der Waals surface area contributed by atoms with E-state index in [-0.39, 0.29) is 59.0 Å². The van der Waals surface area contributed by atoms with E-state index >= 15 is 4.79 Å². The van der Waals surface area contributed by atoms with Crippen molar-refractivity contribution in [3.05, 3.63) is 116 Å². The molecule has 9 aliphatic rings. The third-order valence-corrected chi connectivity index (χ3v) is 17.0. The number of fused-ring (bicyclic) bond motifs is 10. The smallest absolute Gasteiger partial charge is 0.354 e. The number of carbonyl (C=O) groups is 2. The van der Waals surface area contributed by atoms with Gasteiger partial charge in [0.25, 0.3) is 11.4 Å². The molecule has 3 fully saturated rings. The van der Waals surface area contributed by atoms with Gasteiger partial charge in [0.05, 0.1) is 12.6 Å². The number of carboxylic acids is 1. The first-order valence-electron chi connectivity index (χ1n) is 26.1. The zero-order valence-corrected chi connectivity index (χ0v) is 42.6. The Kier molecular flexibility index (Phi) is 12.7. The maximum absolute atomic E-state index is 15.8. The molecule has 2 spiro atoms. The first-order valence-corrected chi connectivity index (χ1v) is 26.1. The summed E-state index contributed by atoms with van der Waals surface area (Å²) in [5.74, 6) is -8.06. The Bertz CT molecular complexity index is 3670. The van der Waals surface area contributed by atoms with Gasteiger partial charge in [-0.2, -0.15) is 0 Å². The number of benzene rings is 2. The van der Waals surface area contributed by atoms with Crippen LogP contribution in [-0.4, -0.2) is 167 Å². The highest BCUT2D eigenvalue weighted by Gasteiger charge is 2.78. The lowest BCUT2D eigenvalue weighted by molar-refractivity contribution is -0.432. The van der Waals surface area contributed by atoms with Crippen LogP contribution in [0.25, 0.3) is 22.3 Å². The Balaban J connectivity index is 1.14. The molecule has 24 nitrogen and oxygen atoms in total. The minimum atomic E-state index is -3.99. The van der Waals surface area contributed by atoms with E-state index in [1.807, 2.05) is 6.08 Å². The Morgan fingerprint density at radius 3 is 2.46 bits per heavy atom. The van der Waals surface area contributed by atoms with E-state index in [0.717, 1.165) is 30.2 Å². The summed E-state index contributed by atoms with van der Waals surface area (Å²) in [5.41, 5.74) is -9.71. The molecule has 0 amide bonds. The van der Waals surface area contributed by atoms with Crippen LogP contribution in [0.5, 0.6) is 23.0 Å². The number of dihydropyridines is 1. The van der Waals surface area contributed by atoms with Crippen molar-refractivity contribution in [2.45, 2.75) is 128 Å². The van der Waals surface area contributed by atoms with Crippen LogP contribution in [0, 0.1) is 29.6 Å². The normalized spacial score (nSPS) is 35.0. The van der Waals surface area contributed by atoms with Crippen LogP contribution in [0.4, 0.5) is 0 Å². The van der Waals surface area contributed by atoms with Crippen molar-refractivity contribution in [2.75, 3.05) is 13.2 Å². The summed E-state index contributed by atoms with van der Waals surface area (Å²) in [7, 11) is 0. The molecule has 24 heteroatoms. The number of aromatic nitrogens is 1. The van der Waals surface area contributed by atoms with Gasteiger partial charge in [-0.3, -0.25) is 10.1 Å². The van der Waals surface area contributed by atoms with Gasteiger partial charge in [-0.25, -0.2) is 9.59 Å². The fourth-order valence-electron chi connectivity index (χ4n) is 12.7. The molecule has 2 aliphatic carbocycles. The highest BCUT2D eigenvalue weighted by Crippen LogP contribution is 2.58. The minimum Gasteiger partial charge on any atom is -0.507 e. The first-order chi connectivity index (χ1) is 38.6. The predicted molar refractivity (Wildman–Crippen MR) is 275 cm³/mol. The van der Waals surface area contributed by atoms with Crippen molar-refractivity contribution >= 4 is 22.9 Å². The zero-order valence-electron chi connectivity index (χ0n) is 42.6. The number of hydrogen-bond donors (Lipinski definition) is 16. The van der Waals surface area contributed by atoms with Crippen molar-refractivity contribution in [3.8, 4) is 58.0 Å². The fourth-order valence-corrected chi connectivity index (χ4v) is 12.7. The van der Waals surface area contributed by atoms with Crippen LogP contribution in [0.2, 0.25) is 0 Å². The number of phenolic OH excluding ortho intramolecular Hbond substituents is 3. The van der Waals surface area contributed by atoms with Gasteiger partial charge in [-0.15, -0.1) is 0 Å². The molecule has 6 bridgehead atoms. The van der Waals surface area contributed by atoms with Gasteiger partial charge >= 0.3 is 11.9 Å². The predicted octanol–water partition coefficient (Wildman–Crippen LogP) is -0.889. The van der Waals surface area contributed by atoms with Crippen molar-refractivity contribution in [2.24, 2.45) is 5.92 Å². The third kappa shape index (κ3) is 7.82. The molecule has 9 heterocycles. The molecule has 2 aromatic heterocycles. The summed E-state index contributed by atoms with van der Waals surface area (Å²) in [4.78, 5) is 46.8. The number of ether oxygens (including phenoxy) is 4. The first kappa shape index (κ1) is 54.1. The maximum Gasteiger partial charge on any atom is 0.354 e. The number of rotatable bonds is 8. The number of H-pyrrole nitrogens is 1. The van der Waals surface area contributed by atoms with Gasteiger partial charge in [0.1, 0.15) is 46.0 Å². The lowest BCUT2D eigenvalue weighted by Crippen LogP contribution is -2.81. The standard InChI is InChI=1S/C57H55N3O21/c61-15-4-13-55-46(68)48(70)57(75,76)53(80-55,50(71)72)11-3-12-54(51(73)79-55)52(74)10-2-6-26-8-14-58-35(26)22-31-21-33(30-19-34-27-5-1-7-32(18-27)60-49(34)59-25-30)41-40(78-56(31,81-54)47(69)45(52)67)24-39-42(44(41)66)36(63)23-38(77-39)29-17-28(9-16-62)43(65)37(64)20-29/h1,7-8,14,17,19-21,23-25,27,32-33,45-49,58-62,64-70,74-76H,4-5,9-10,12-13,15-16,18,22H2,(H,71,72)/t27-,32+,33+,45+,46+,47+,48+,49?,52-,53+,54+,55-,56-/m0/s1. The molecule has 7 aliphatic heterocycles. The average molecular weight is 1120 g/mol. The number of nitrogens with one attached hydrogen (secondary N) is 3. The number of hydrogen-bond acceptors (Lipinski definition) is 22. The summed E-state index contributed by atoms with van der Waals surface area (Å²) >= 11 is 0. The van der Waals surface area contributed by atoms with Crippen LogP contribution in [0.15, 0.2) is 93.0 Å². The number of carboxylic acid groups (broad SMARTS) is 1. The average Bonchev–Trinajstić information content (AvgIpc) is 2.34. The maximum atomic E-state index is 15.8. The minimum absolute atomic E-state index is 0.0332. The van der Waals surface area contributed by atoms with Gasteiger partial charge in [0.2, 0.25) is 17.2 Å². The molecule has 424 valence electrons. The Hall–Kier alpha value is -7.53. The lowest BCUT2D eigenvalue weighted by atomic mass is 9.67. The van der Waals surface area contributed by atoms with Gasteiger partial charge < -0.3 is 100 Å². The van der Waals surface area contributed by atoms with Crippen LogP contribution < -0.4 is 20.8 Å². The number of aromatic amines is 1. The SMILES string of the molecule is O=C(O)[C@@]12C#CC[C@@]3(O[C@@]45Oc6cc7oc(-c8cc(O)c(O)c(CCO)c8)cc(=O)c7c(O)c6[C@@H](C6=CNC7N[C@@H]8C=CC[C@@H](C8)C7=C6)C=C4Cc4[nH]ccc4C#CC[C@]3(O)[C@H](O)[C@H]5O)C(=O)O[C@@](CCCO)(O1)[C@H](O)[C@@H](O)C2(O)O. The molecule has 3 saturated heterocycles. The van der Waals surface area contributed by atoms with Crippen LogP contribution in [0.1, 0.15) is 66.8 Å². The molecule has 4 aromatic rings. The number of piperidine rings is 1. The van der Waals surface area contributed by atoms with Crippen molar-refractivity contribution in [3.63, 3.8) is 0 Å². The monoisotopic (exact) mass is 1120 g/mol. The van der Waals surface area contributed by atoms with E-state index in [1.165, 1.54) is 12.1 Å². The van der Waals surface area contributed by atoms with Gasteiger partial charge in [0.15, 0.2) is 29.1 Å². The fraction of sp³-hybridized carbons (Fsp3) is 0.421. The highest BCUT2D eigenvalue weighted by atomic mass is 16.8. The van der Waals surface area contributed by atoms with Crippen LogP contribution in [0.3, 0.4) is 0 Å². The van der Waals surface area contributed by atoms with Gasteiger partial charge in [0, 0.05) is 102 Å². The molecule has 81 heavy (non-hydrogen) atoms. The molecule has 0 radical (unpaired) electrons. The molecule has 13 rings (SSSR count). The van der Waals surface area contributed by atoms with E-state index in [2.05, 4.69) is 51.5 Å². The molecular weight excluding hydrogens is 1060 g/mol. The van der Waals surface area contributed by atoms with E-state index in [4.69, 9.17) is 23.4 Å². The number of allylic oxidation sites excluding steroid dienone is 4. The number of phenols is 3. The molecule has 16 N–H and O–H groups in total. The van der Waals surface area contributed by atoms with Crippen molar-refractivity contribution < 1.29 is 99.3 Å². The number of aliphatic hydroxyl groups is 9. The number of carbonyl (C=O) groups excluding carboxylic acids is 1. The Morgan fingerprint density at radius 1 is 0.889 bits per heavy atom. The Labute approximate surface area is 458 Å². The zero-order chi connectivity index (χ0) is 57.3. The lowest BCUT2D eigenvalue weighted by Gasteiger charge is -2.58. The highest BCUT2D eigenvalue weighted by molar-refractivity contribution is 5.90. The number of aliphatic carboxylic acids is 1. The van der Waals surface area contributed by atoms with E-state index in [9.17, 15) is 76.0 Å². The van der Waals surface area contributed by atoms with Crippen molar-refractivity contribution in [1.82, 2.24) is 15.6 Å². The summed E-state index contributed by atoms with van der Waals surface area (Å²) in [6.45, 7) is -1.18. The molecule has 1 unspecified atom stereocenters. The topological polar surface area (TPSA) is 404 Å². The van der Waals surface area contributed by atoms with E-state index < -0.39 is 155 Å². The number of esters is 1. The summed E-state index contributed by atoms with van der Waals surface area (Å²) in [6, 6.07) is 6.29.